The molecule has 2 aliphatic rings. The number of sulfonamides is 1. The minimum Gasteiger partial charge on any atom is -0.357 e. The number of anilines is 1. The third-order valence-electron chi connectivity index (χ3n) is 4.72. The van der Waals surface area contributed by atoms with Crippen molar-refractivity contribution >= 4 is 33.7 Å². The lowest BCUT2D eigenvalue weighted by molar-refractivity contribution is 0.370. The van der Waals surface area contributed by atoms with Gasteiger partial charge in [-0.2, -0.15) is 11.8 Å². The molecule has 0 bridgehead atoms. The molecule has 2 aliphatic heterocycles. The van der Waals surface area contributed by atoms with Crippen LogP contribution in [0.25, 0.3) is 0 Å². The summed E-state index contributed by atoms with van der Waals surface area (Å²) < 4.78 is 26.6. The topological polar surface area (TPSA) is 94.0 Å². The molecule has 0 aliphatic carbocycles. The number of aromatic nitrogens is 2. The fourth-order valence-electron chi connectivity index (χ4n) is 3.22. The van der Waals surface area contributed by atoms with E-state index in [0.717, 1.165) is 56.1 Å². The highest BCUT2D eigenvalue weighted by Gasteiger charge is 2.24. The summed E-state index contributed by atoms with van der Waals surface area (Å²) in [6, 6.07) is 1.81. The van der Waals surface area contributed by atoms with Gasteiger partial charge in [0.05, 0.1) is 12.3 Å². The Hall–Kier alpha value is -1.59. The summed E-state index contributed by atoms with van der Waals surface area (Å²) in [5.41, 5.74) is 0. The summed E-state index contributed by atoms with van der Waals surface area (Å²) in [6.45, 7) is 7.45. The molecule has 11 heteroatoms. The zero-order chi connectivity index (χ0) is 19.8. The lowest BCUT2D eigenvalue weighted by atomic mass is 10.3. The van der Waals surface area contributed by atoms with E-state index >= 15 is 0 Å². The van der Waals surface area contributed by atoms with E-state index < -0.39 is 10.0 Å². The van der Waals surface area contributed by atoms with Crippen molar-refractivity contribution in [2.24, 2.45) is 4.99 Å². The number of nitrogens with one attached hydrogen (secondary N) is 1. The van der Waals surface area contributed by atoms with E-state index in [0.29, 0.717) is 13.1 Å². The minimum atomic E-state index is -3.23. The molecular formula is C17H29N7O2S2. The van der Waals surface area contributed by atoms with Crippen LogP contribution < -0.4 is 10.2 Å². The van der Waals surface area contributed by atoms with Crippen LogP contribution in [0.1, 0.15) is 6.92 Å². The Labute approximate surface area is 171 Å². The van der Waals surface area contributed by atoms with Crippen LogP contribution in [0, 0.1) is 0 Å². The molecule has 9 nitrogen and oxygen atoms in total. The van der Waals surface area contributed by atoms with Crippen LogP contribution >= 0.6 is 11.8 Å². The first-order valence-corrected chi connectivity index (χ1v) is 12.5. The molecule has 0 radical (unpaired) electrons. The number of aliphatic imine (C=N–C) groups is 1. The highest BCUT2D eigenvalue weighted by molar-refractivity contribution is 7.99. The predicted octanol–water partition coefficient (Wildman–Crippen LogP) is -0.0573. The van der Waals surface area contributed by atoms with E-state index in [1.165, 1.54) is 0 Å². The zero-order valence-corrected chi connectivity index (χ0v) is 18.0. The van der Waals surface area contributed by atoms with Crippen LogP contribution in [0.15, 0.2) is 23.5 Å². The smallest absolute Gasteiger partial charge is 0.225 e. The molecule has 1 aromatic heterocycles. The monoisotopic (exact) mass is 427 g/mol. The van der Waals surface area contributed by atoms with E-state index in [2.05, 4.69) is 30.1 Å². The van der Waals surface area contributed by atoms with Gasteiger partial charge in [0.25, 0.3) is 0 Å². The summed E-state index contributed by atoms with van der Waals surface area (Å²) >= 11 is 1.80. The number of guanidine groups is 1. The van der Waals surface area contributed by atoms with Gasteiger partial charge in [0.2, 0.25) is 16.0 Å². The highest BCUT2D eigenvalue weighted by Crippen LogP contribution is 2.13. The Morgan fingerprint density at radius 1 is 1.14 bits per heavy atom. The molecule has 28 heavy (non-hydrogen) atoms. The number of hydrogen-bond acceptors (Lipinski definition) is 7. The lowest BCUT2D eigenvalue weighted by Gasteiger charge is -2.36. The van der Waals surface area contributed by atoms with Gasteiger partial charge in [-0.3, -0.25) is 4.99 Å². The number of rotatable bonds is 6. The molecule has 1 N–H and O–H groups in total. The standard InChI is InChI=1S/C17H29N7O2S2/c1-2-18-16(21-6-15-28(25,26)24-11-13-27-14-12-24)22-7-9-23(10-8-22)17-19-4-3-5-20-17/h3-5H,2,6-15H2,1H3,(H,18,21). The van der Waals surface area contributed by atoms with Crippen molar-refractivity contribution in [2.45, 2.75) is 6.92 Å². The maximum absolute atomic E-state index is 12.5. The summed E-state index contributed by atoms with van der Waals surface area (Å²) in [7, 11) is -3.23. The van der Waals surface area contributed by atoms with Crippen molar-refractivity contribution in [3.8, 4) is 0 Å². The third kappa shape index (κ3) is 5.71. The van der Waals surface area contributed by atoms with E-state index in [9.17, 15) is 8.42 Å². The van der Waals surface area contributed by atoms with Crippen molar-refractivity contribution in [3.63, 3.8) is 0 Å². The van der Waals surface area contributed by atoms with Gasteiger partial charge in [0.1, 0.15) is 0 Å². The van der Waals surface area contributed by atoms with Gasteiger partial charge in [-0.15, -0.1) is 0 Å². The average Bonchev–Trinajstić information content (AvgIpc) is 2.74. The summed E-state index contributed by atoms with van der Waals surface area (Å²) in [5, 5.41) is 3.29. The summed E-state index contributed by atoms with van der Waals surface area (Å²) in [6.07, 6.45) is 3.50. The van der Waals surface area contributed by atoms with Gasteiger partial charge in [-0.1, -0.05) is 0 Å². The minimum absolute atomic E-state index is 0.0599. The molecule has 156 valence electrons. The molecule has 3 rings (SSSR count). The highest BCUT2D eigenvalue weighted by atomic mass is 32.2. The number of hydrogen-bond donors (Lipinski definition) is 1. The normalized spacial score (nSPS) is 19.7. The Morgan fingerprint density at radius 2 is 1.82 bits per heavy atom. The van der Waals surface area contributed by atoms with Gasteiger partial charge >= 0.3 is 0 Å². The quantitative estimate of drug-likeness (QED) is 0.499. The first kappa shape index (κ1) is 21.1. The molecule has 0 unspecified atom stereocenters. The Kier molecular flexibility index (Phi) is 7.74. The first-order chi connectivity index (χ1) is 13.6. The Morgan fingerprint density at radius 3 is 2.46 bits per heavy atom. The number of piperazine rings is 1. The molecule has 1 aromatic rings. The molecule has 0 saturated carbocycles. The van der Waals surface area contributed by atoms with Crippen LogP contribution in [-0.4, -0.2) is 103 Å². The van der Waals surface area contributed by atoms with Crippen LogP contribution in [0.2, 0.25) is 0 Å². The van der Waals surface area contributed by atoms with Crippen molar-refractivity contribution in [1.29, 1.82) is 0 Å². The summed E-state index contributed by atoms with van der Waals surface area (Å²) in [5.74, 6) is 3.33. The first-order valence-electron chi connectivity index (χ1n) is 9.71. The van der Waals surface area contributed by atoms with Crippen LogP contribution in [0.5, 0.6) is 0 Å². The maximum Gasteiger partial charge on any atom is 0.225 e. The van der Waals surface area contributed by atoms with Gasteiger partial charge in [-0.05, 0) is 13.0 Å². The molecule has 0 spiro atoms. The SMILES string of the molecule is CCNC(=NCCS(=O)(=O)N1CCSCC1)N1CCN(c2ncccn2)CC1. The predicted molar refractivity (Wildman–Crippen MR) is 114 cm³/mol. The second kappa shape index (κ2) is 10.3. The Balaban J connectivity index is 1.54. The van der Waals surface area contributed by atoms with Crippen LogP contribution in [0.4, 0.5) is 5.95 Å². The van der Waals surface area contributed by atoms with Gasteiger partial charge < -0.3 is 15.1 Å². The molecule has 3 heterocycles. The van der Waals surface area contributed by atoms with Crippen LogP contribution in [0.3, 0.4) is 0 Å². The fraction of sp³-hybridized carbons (Fsp3) is 0.706. The molecule has 0 aromatic carbocycles. The fourth-order valence-corrected chi connectivity index (χ4v) is 5.67. The largest absolute Gasteiger partial charge is 0.357 e. The molecular weight excluding hydrogens is 398 g/mol. The van der Waals surface area contributed by atoms with E-state index in [1.807, 2.05) is 13.0 Å². The second-order valence-electron chi connectivity index (χ2n) is 6.59. The van der Waals surface area contributed by atoms with Crippen molar-refractivity contribution in [2.75, 3.05) is 74.5 Å². The van der Waals surface area contributed by atoms with Crippen molar-refractivity contribution in [3.05, 3.63) is 18.5 Å². The van der Waals surface area contributed by atoms with E-state index in [-0.39, 0.29) is 12.3 Å². The summed E-state index contributed by atoms with van der Waals surface area (Å²) in [4.78, 5) is 17.5. The van der Waals surface area contributed by atoms with Gasteiger partial charge in [-0.25, -0.2) is 22.7 Å². The van der Waals surface area contributed by atoms with Crippen LogP contribution in [-0.2, 0) is 10.0 Å². The maximum atomic E-state index is 12.5. The van der Waals surface area contributed by atoms with Gasteiger partial charge in [0.15, 0.2) is 5.96 Å². The van der Waals surface area contributed by atoms with E-state index in [4.69, 9.17) is 0 Å². The average molecular weight is 428 g/mol. The third-order valence-corrected chi connectivity index (χ3v) is 7.52. The van der Waals surface area contributed by atoms with Crippen molar-refractivity contribution in [1.82, 2.24) is 24.5 Å². The van der Waals surface area contributed by atoms with E-state index in [1.54, 1.807) is 28.5 Å². The second-order valence-corrected chi connectivity index (χ2v) is 9.90. The molecule has 0 amide bonds. The lowest BCUT2D eigenvalue weighted by Crippen LogP contribution is -2.53. The van der Waals surface area contributed by atoms with Crippen molar-refractivity contribution < 1.29 is 8.42 Å². The molecule has 0 atom stereocenters. The number of thioether (sulfide) groups is 1. The Bertz CT molecular complexity index is 731. The number of nitrogens with zero attached hydrogens (tertiary/aromatic N) is 6. The molecule has 2 fully saturated rings. The van der Waals surface area contributed by atoms with Gasteiger partial charge in [0, 0.05) is 69.7 Å². The molecule has 2 saturated heterocycles. The zero-order valence-electron chi connectivity index (χ0n) is 16.3.